The number of aromatic nitrogens is 7. The third-order valence-electron chi connectivity index (χ3n) is 7.74. The molecule has 210 valence electrons. The lowest BCUT2D eigenvalue weighted by molar-refractivity contribution is -0.121. The van der Waals surface area contributed by atoms with Crippen molar-refractivity contribution in [1.29, 1.82) is 0 Å². The van der Waals surface area contributed by atoms with Crippen LogP contribution in [0.5, 0.6) is 0 Å². The van der Waals surface area contributed by atoms with Crippen molar-refractivity contribution in [3.8, 4) is 22.6 Å². The first-order valence-electron chi connectivity index (χ1n) is 13.9. The Morgan fingerprint density at radius 1 is 1.02 bits per heavy atom. The first kappa shape index (κ1) is 26.5. The van der Waals surface area contributed by atoms with E-state index in [2.05, 4.69) is 47.4 Å². The molecule has 1 saturated heterocycles. The second kappa shape index (κ2) is 11.0. The van der Waals surface area contributed by atoms with Crippen molar-refractivity contribution in [2.45, 2.75) is 26.7 Å². The minimum atomic E-state index is -0.114. The number of nitrogens with one attached hydrogen (secondary N) is 3. The quantitative estimate of drug-likeness (QED) is 0.277. The van der Waals surface area contributed by atoms with Crippen molar-refractivity contribution >= 4 is 39.6 Å². The van der Waals surface area contributed by atoms with E-state index in [9.17, 15) is 9.59 Å². The largest absolute Gasteiger partial charge is 0.339 e. The zero-order valence-electron chi connectivity index (χ0n) is 23.3. The minimum Gasteiger partial charge on any atom is -0.339 e. The average Bonchev–Trinajstić information content (AvgIpc) is 3.62. The predicted octanol–water partition coefficient (Wildman–Crippen LogP) is 3.72. The van der Waals surface area contributed by atoms with Crippen LogP contribution in [-0.2, 0) is 4.79 Å². The minimum absolute atomic E-state index is 0.00296. The van der Waals surface area contributed by atoms with E-state index in [1.54, 1.807) is 35.9 Å². The van der Waals surface area contributed by atoms with Gasteiger partial charge in [0.05, 0.1) is 34.5 Å². The number of rotatable bonds is 7. The number of H-pyrrole nitrogens is 2. The van der Waals surface area contributed by atoms with Gasteiger partial charge in [-0.2, -0.15) is 5.10 Å². The van der Waals surface area contributed by atoms with Crippen LogP contribution in [0.4, 0.5) is 5.69 Å². The maximum atomic E-state index is 13.1. The first-order valence-corrected chi connectivity index (χ1v) is 13.9. The van der Waals surface area contributed by atoms with Gasteiger partial charge in [-0.25, -0.2) is 9.97 Å². The molecule has 1 aliphatic rings. The highest BCUT2D eigenvalue weighted by Gasteiger charge is 2.24. The van der Waals surface area contributed by atoms with E-state index >= 15 is 0 Å². The van der Waals surface area contributed by atoms with Gasteiger partial charge in [-0.05, 0) is 59.0 Å². The number of fused-ring (bicyclic) bond motifs is 2. The molecule has 0 radical (unpaired) electrons. The molecule has 0 unspecified atom stereocenters. The maximum Gasteiger partial charge on any atom is 0.257 e. The molecule has 6 heterocycles. The van der Waals surface area contributed by atoms with Gasteiger partial charge in [-0.15, -0.1) is 0 Å². The van der Waals surface area contributed by atoms with Gasteiger partial charge in [-0.3, -0.25) is 24.7 Å². The lowest BCUT2D eigenvalue weighted by atomic mass is 9.96. The second-order valence-electron chi connectivity index (χ2n) is 10.4. The molecule has 0 spiro atoms. The van der Waals surface area contributed by atoms with Crippen molar-refractivity contribution < 1.29 is 9.59 Å². The van der Waals surface area contributed by atoms with Crippen LogP contribution in [0, 0.1) is 5.92 Å². The van der Waals surface area contributed by atoms with E-state index in [1.807, 2.05) is 26.0 Å². The molecule has 5 aromatic rings. The fourth-order valence-electron chi connectivity index (χ4n) is 5.31. The topological polar surface area (TPSA) is 149 Å². The molecule has 0 aliphatic carbocycles. The summed E-state index contributed by atoms with van der Waals surface area (Å²) in [6.07, 6.45) is 10.1. The Balaban J connectivity index is 1.30. The standard InChI is InChI=1S/C29H32N10O2/c1-4-39(5-2)29(41)22-15-31-16-23-24(22)35-27(34-23)25-21-11-19(13-32-26(21)37-36-25)18-10-20(14-30-12-18)33-28(40)17-6-8-38(3)9-7-17/h10-17H,4-9H2,1-3H3,(H,33,40)(H,34,35)(H,32,36,37). The van der Waals surface area contributed by atoms with Crippen molar-refractivity contribution in [2.24, 2.45) is 5.92 Å². The third-order valence-corrected chi connectivity index (χ3v) is 7.74. The molecule has 0 saturated carbocycles. The van der Waals surface area contributed by atoms with Crippen molar-refractivity contribution in [2.75, 3.05) is 38.5 Å². The highest BCUT2D eigenvalue weighted by Crippen LogP contribution is 2.30. The highest BCUT2D eigenvalue weighted by molar-refractivity contribution is 6.05. The molecule has 0 atom stereocenters. The molecule has 0 bridgehead atoms. The molecule has 41 heavy (non-hydrogen) atoms. The van der Waals surface area contributed by atoms with Crippen LogP contribution in [0.1, 0.15) is 37.0 Å². The van der Waals surface area contributed by atoms with Crippen LogP contribution in [0.25, 0.3) is 44.7 Å². The summed E-state index contributed by atoms with van der Waals surface area (Å²) in [4.78, 5) is 51.1. The van der Waals surface area contributed by atoms with Gasteiger partial charge in [0.1, 0.15) is 11.2 Å². The SMILES string of the molecule is CCN(CC)C(=O)c1cncc2[nH]c(-c3n[nH]c4ncc(-c5cncc(NC(=O)C6CCN(C)CC6)c5)cc34)nc12. The molecule has 1 aliphatic heterocycles. The summed E-state index contributed by atoms with van der Waals surface area (Å²) >= 11 is 0. The Hall–Kier alpha value is -4.71. The number of aromatic amines is 2. The number of carbonyl (C=O) groups excluding carboxylic acids is 2. The number of nitrogens with zero attached hydrogens (tertiary/aromatic N) is 7. The number of hydrogen-bond acceptors (Lipinski definition) is 8. The smallest absolute Gasteiger partial charge is 0.257 e. The lowest BCUT2D eigenvalue weighted by Gasteiger charge is -2.28. The fourth-order valence-corrected chi connectivity index (χ4v) is 5.31. The number of amides is 2. The van der Waals surface area contributed by atoms with Gasteiger partial charge in [0.15, 0.2) is 11.5 Å². The van der Waals surface area contributed by atoms with E-state index in [-0.39, 0.29) is 17.7 Å². The maximum absolute atomic E-state index is 13.1. The Labute approximate surface area is 236 Å². The van der Waals surface area contributed by atoms with Crippen molar-refractivity contribution in [1.82, 2.24) is 44.9 Å². The number of piperidine rings is 1. The molecule has 12 heteroatoms. The second-order valence-corrected chi connectivity index (χ2v) is 10.4. The Morgan fingerprint density at radius 3 is 2.56 bits per heavy atom. The van der Waals surface area contributed by atoms with E-state index in [0.717, 1.165) is 42.4 Å². The summed E-state index contributed by atoms with van der Waals surface area (Å²) in [6.45, 7) is 6.92. The molecule has 5 aromatic heterocycles. The molecule has 12 nitrogen and oxygen atoms in total. The monoisotopic (exact) mass is 552 g/mol. The molecular weight excluding hydrogens is 520 g/mol. The summed E-state index contributed by atoms with van der Waals surface area (Å²) in [5.74, 6) is 0.422. The van der Waals surface area contributed by atoms with Crippen molar-refractivity contribution in [3.05, 3.63) is 48.7 Å². The Morgan fingerprint density at radius 2 is 1.78 bits per heavy atom. The van der Waals surface area contributed by atoms with Crippen LogP contribution >= 0.6 is 0 Å². The third kappa shape index (κ3) is 5.13. The van der Waals surface area contributed by atoms with Crippen LogP contribution in [0.3, 0.4) is 0 Å². The molecule has 1 fully saturated rings. The van der Waals surface area contributed by atoms with Crippen LogP contribution in [-0.4, -0.2) is 90.0 Å². The molecule has 6 rings (SSSR count). The van der Waals surface area contributed by atoms with Gasteiger partial charge in [-0.1, -0.05) is 0 Å². The van der Waals surface area contributed by atoms with Gasteiger partial charge in [0.2, 0.25) is 5.91 Å². The summed E-state index contributed by atoms with van der Waals surface area (Å²) in [7, 11) is 2.08. The summed E-state index contributed by atoms with van der Waals surface area (Å²) in [6, 6.07) is 3.87. The number of carbonyl (C=O) groups is 2. The summed E-state index contributed by atoms with van der Waals surface area (Å²) < 4.78 is 0. The van der Waals surface area contributed by atoms with E-state index in [4.69, 9.17) is 4.98 Å². The Bertz CT molecular complexity index is 1730. The van der Waals surface area contributed by atoms with Gasteiger partial charge < -0.3 is 20.1 Å². The van der Waals surface area contributed by atoms with E-state index < -0.39 is 0 Å². The van der Waals surface area contributed by atoms with Crippen LogP contribution in [0.15, 0.2) is 43.1 Å². The van der Waals surface area contributed by atoms with Gasteiger partial charge in [0, 0.05) is 48.7 Å². The Kier molecular flexibility index (Phi) is 7.14. The number of pyridine rings is 3. The van der Waals surface area contributed by atoms with E-state index in [0.29, 0.717) is 52.5 Å². The lowest BCUT2D eigenvalue weighted by Crippen LogP contribution is -2.35. The molecule has 2 amide bonds. The van der Waals surface area contributed by atoms with Crippen molar-refractivity contribution in [3.63, 3.8) is 0 Å². The number of imidazole rings is 1. The molecule has 0 aromatic carbocycles. The highest BCUT2D eigenvalue weighted by atomic mass is 16.2. The summed E-state index contributed by atoms with van der Waals surface area (Å²) in [5, 5.41) is 11.2. The predicted molar refractivity (Wildman–Crippen MR) is 156 cm³/mol. The zero-order chi connectivity index (χ0) is 28.5. The summed E-state index contributed by atoms with van der Waals surface area (Å²) in [5.41, 5.74) is 5.09. The fraction of sp³-hybridized carbons (Fsp3) is 0.345. The van der Waals surface area contributed by atoms with Crippen LogP contribution in [0.2, 0.25) is 0 Å². The molecular formula is C29H32N10O2. The normalized spacial score (nSPS) is 14.5. The van der Waals surface area contributed by atoms with E-state index in [1.165, 1.54) is 0 Å². The number of anilines is 1. The van der Waals surface area contributed by atoms with Gasteiger partial charge >= 0.3 is 0 Å². The van der Waals surface area contributed by atoms with Crippen LogP contribution < -0.4 is 5.32 Å². The first-order chi connectivity index (χ1) is 19.9. The molecule has 3 N–H and O–H groups in total. The average molecular weight is 553 g/mol. The number of likely N-dealkylation sites (tertiary alicyclic amines) is 1. The zero-order valence-corrected chi connectivity index (χ0v) is 23.3. The number of hydrogen-bond donors (Lipinski definition) is 3. The van der Waals surface area contributed by atoms with Gasteiger partial charge in [0.25, 0.3) is 5.91 Å².